The van der Waals surface area contributed by atoms with Crippen LogP contribution < -0.4 is 4.74 Å². The van der Waals surface area contributed by atoms with Crippen LogP contribution in [0.3, 0.4) is 0 Å². The van der Waals surface area contributed by atoms with Crippen LogP contribution in [0.25, 0.3) is 11.0 Å². The lowest BCUT2D eigenvalue weighted by Gasteiger charge is -2.27. The molecule has 8 heteroatoms. The number of furan rings is 1. The number of methoxy groups -OCH3 is 1. The molecule has 0 saturated carbocycles. The molecule has 33 heavy (non-hydrogen) atoms. The van der Waals surface area contributed by atoms with Crippen molar-refractivity contribution in [1.82, 2.24) is 9.80 Å². The first kappa shape index (κ1) is 22.5. The summed E-state index contributed by atoms with van der Waals surface area (Å²) in [7, 11) is 5.32. The van der Waals surface area contributed by atoms with Gasteiger partial charge in [-0.25, -0.2) is 4.39 Å². The van der Waals surface area contributed by atoms with Crippen molar-refractivity contribution < 1.29 is 28.2 Å². The van der Waals surface area contributed by atoms with Crippen molar-refractivity contribution in [3.63, 3.8) is 0 Å². The summed E-state index contributed by atoms with van der Waals surface area (Å²) in [6.45, 7) is 0.986. The average molecular weight is 452 g/mol. The standard InChI is InChI=1S/C25H25FN2O5/c1-27(2)11-6-12-28-21(15-7-4-9-17(26)13-15)20(23(30)25(28)31)22(29)19-14-16-8-5-10-18(32-3)24(16)33-19/h4-5,7-10,13-14,21,30H,6,11-12H2,1-3H3. The molecular formula is C25H25FN2O5. The number of carbonyl (C=O) groups is 2. The Morgan fingerprint density at radius 2 is 1.97 bits per heavy atom. The molecule has 0 aliphatic carbocycles. The van der Waals surface area contributed by atoms with E-state index in [1.165, 1.54) is 30.2 Å². The molecule has 2 aromatic carbocycles. The summed E-state index contributed by atoms with van der Waals surface area (Å²) < 4.78 is 25.1. The predicted molar refractivity (Wildman–Crippen MR) is 121 cm³/mol. The Morgan fingerprint density at radius 3 is 2.67 bits per heavy atom. The van der Waals surface area contributed by atoms with Crippen molar-refractivity contribution >= 4 is 22.7 Å². The van der Waals surface area contributed by atoms with Crippen LogP contribution in [-0.2, 0) is 4.79 Å². The number of benzene rings is 2. The number of aliphatic hydroxyl groups is 1. The van der Waals surface area contributed by atoms with Crippen LogP contribution in [0, 0.1) is 5.82 Å². The zero-order chi connectivity index (χ0) is 23.7. The minimum Gasteiger partial charge on any atom is -0.503 e. The van der Waals surface area contributed by atoms with Gasteiger partial charge in [0.05, 0.1) is 18.7 Å². The Kier molecular flexibility index (Phi) is 6.20. The molecule has 0 bridgehead atoms. The second-order valence-corrected chi connectivity index (χ2v) is 8.19. The highest BCUT2D eigenvalue weighted by Crippen LogP contribution is 2.40. The number of nitrogens with zero attached hydrogens (tertiary/aromatic N) is 2. The van der Waals surface area contributed by atoms with Crippen molar-refractivity contribution in [2.24, 2.45) is 0 Å². The zero-order valence-electron chi connectivity index (χ0n) is 18.7. The SMILES string of the molecule is COc1cccc2cc(C(=O)C3=C(O)C(=O)N(CCCN(C)C)C3c3cccc(F)c3)oc12. The van der Waals surface area contributed by atoms with Crippen LogP contribution >= 0.6 is 0 Å². The Morgan fingerprint density at radius 1 is 1.21 bits per heavy atom. The fourth-order valence-corrected chi connectivity index (χ4v) is 4.14. The molecule has 0 radical (unpaired) electrons. The maximum atomic E-state index is 14.1. The number of fused-ring (bicyclic) bond motifs is 1. The van der Waals surface area contributed by atoms with E-state index in [4.69, 9.17) is 9.15 Å². The lowest BCUT2D eigenvalue weighted by molar-refractivity contribution is -0.129. The van der Waals surface area contributed by atoms with Crippen LogP contribution in [0.15, 0.2) is 64.3 Å². The molecule has 0 spiro atoms. The molecule has 0 fully saturated rings. The topological polar surface area (TPSA) is 83.2 Å². The summed E-state index contributed by atoms with van der Waals surface area (Å²) in [4.78, 5) is 29.9. The Hall–Kier alpha value is -3.65. The highest BCUT2D eigenvalue weighted by Gasteiger charge is 2.44. The molecule has 1 atom stereocenters. The second kappa shape index (κ2) is 9.07. The predicted octanol–water partition coefficient (Wildman–Crippen LogP) is 4.11. The van der Waals surface area contributed by atoms with Gasteiger partial charge in [-0.2, -0.15) is 0 Å². The van der Waals surface area contributed by atoms with Gasteiger partial charge in [0.25, 0.3) is 5.91 Å². The molecule has 172 valence electrons. The molecule has 3 aromatic rings. The molecule has 1 aromatic heterocycles. The highest BCUT2D eigenvalue weighted by atomic mass is 19.1. The number of para-hydroxylation sites is 1. The van der Waals surface area contributed by atoms with E-state index in [0.29, 0.717) is 35.2 Å². The van der Waals surface area contributed by atoms with E-state index in [9.17, 15) is 19.1 Å². The van der Waals surface area contributed by atoms with Gasteiger partial charge in [0.15, 0.2) is 22.9 Å². The monoisotopic (exact) mass is 452 g/mol. The molecular weight excluding hydrogens is 427 g/mol. The van der Waals surface area contributed by atoms with Gasteiger partial charge in [0, 0.05) is 11.9 Å². The first-order valence-corrected chi connectivity index (χ1v) is 10.6. The maximum Gasteiger partial charge on any atom is 0.290 e. The molecule has 2 heterocycles. The minimum atomic E-state index is -0.932. The van der Waals surface area contributed by atoms with E-state index in [0.717, 1.165) is 0 Å². The van der Waals surface area contributed by atoms with E-state index >= 15 is 0 Å². The number of carbonyl (C=O) groups excluding carboxylic acids is 2. The third-order valence-electron chi connectivity index (χ3n) is 5.67. The highest BCUT2D eigenvalue weighted by molar-refractivity contribution is 6.16. The quantitative estimate of drug-likeness (QED) is 0.518. The number of amides is 1. The third-order valence-corrected chi connectivity index (χ3v) is 5.67. The van der Waals surface area contributed by atoms with E-state index in [-0.39, 0.29) is 17.9 Å². The van der Waals surface area contributed by atoms with E-state index < -0.39 is 29.3 Å². The van der Waals surface area contributed by atoms with Gasteiger partial charge in [0.1, 0.15) is 5.82 Å². The number of rotatable bonds is 8. The van der Waals surface area contributed by atoms with Crippen molar-refractivity contribution in [3.8, 4) is 5.75 Å². The molecule has 4 rings (SSSR count). The Labute approximate surface area is 190 Å². The summed E-state index contributed by atoms with van der Waals surface area (Å²) in [6, 6.07) is 11.5. The van der Waals surface area contributed by atoms with E-state index in [2.05, 4.69) is 0 Å². The fourth-order valence-electron chi connectivity index (χ4n) is 4.14. The maximum absolute atomic E-state index is 14.1. The molecule has 1 N–H and O–H groups in total. The number of halogens is 1. The van der Waals surface area contributed by atoms with Gasteiger partial charge in [-0.1, -0.05) is 24.3 Å². The van der Waals surface area contributed by atoms with Crippen molar-refractivity contribution in [3.05, 3.63) is 77.0 Å². The number of ketones is 1. The lowest BCUT2D eigenvalue weighted by Crippen LogP contribution is -2.33. The Balaban J connectivity index is 1.77. The van der Waals surface area contributed by atoms with Crippen LogP contribution in [0.2, 0.25) is 0 Å². The molecule has 1 aliphatic heterocycles. The summed E-state index contributed by atoms with van der Waals surface area (Å²) in [6.07, 6.45) is 0.612. The average Bonchev–Trinajstić information content (AvgIpc) is 3.33. The first-order valence-electron chi connectivity index (χ1n) is 10.6. The van der Waals surface area contributed by atoms with Crippen LogP contribution in [0.5, 0.6) is 5.75 Å². The van der Waals surface area contributed by atoms with Crippen LogP contribution in [0.4, 0.5) is 4.39 Å². The normalized spacial score (nSPS) is 16.3. The molecule has 1 unspecified atom stereocenters. The zero-order valence-corrected chi connectivity index (χ0v) is 18.7. The van der Waals surface area contributed by atoms with Gasteiger partial charge in [0.2, 0.25) is 5.78 Å². The number of aliphatic hydroxyl groups excluding tert-OH is 1. The summed E-state index contributed by atoms with van der Waals surface area (Å²) in [5, 5.41) is 11.4. The fraction of sp³-hybridized carbons (Fsp3) is 0.280. The summed E-state index contributed by atoms with van der Waals surface area (Å²) >= 11 is 0. The Bertz CT molecular complexity index is 1250. The molecule has 1 aliphatic rings. The molecule has 1 amide bonds. The van der Waals surface area contributed by atoms with E-state index in [1.807, 2.05) is 19.0 Å². The van der Waals surface area contributed by atoms with Crippen molar-refractivity contribution in [2.45, 2.75) is 12.5 Å². The largest absolute Gasteiger partial charge is 0.503 e. The first-order chi connectivity index (χ1) is 15.8. The third kappa shape index (κ3) is 4.21. The van der Waals surface area contributed by atoms with Crippen LogP contribution in [-0.4, -0.2) is 60.9 Å². The van der Waals surface area contributed by atoms with Gasteiger partial charge >= 0.3 is 0 Å². The summed E-state index contributed by atoms with van der Waals surface area (Å²) in [5.74, 6) is -2.03. The lowest BCUT2D eigenvalue weighted by atomic mass is 9.95. The van der Waals surface area contributed by atoms with Crippen molar-refractivity contribution in [2.75, 3.05) is 34.3 Å². The van der Waals surface area contributed by atoms with Gasteiger partial charge < -0.3 is 24.1 Å². The smallest absolute Gasteiger partial charge is 0.290 e. The minimum absolute atomic E-state index is 0.0413. The van der Waals surface area contributed by atoms with Crippen LogP contribution in [0.1, 0.15) is 28.6 Å². The number of Topliss-reactive ketones (excluding diaryl/α,β-unsaturated/α-hetero) is 1. The van der Waals surface area contributed by atoms with E-state index in [1.54, 1.807) is 30.3 Å². The van der Waals surface area contributed by atoms with Gasteiger partial charge in [-0.15, -0.1) is 0 Å². The molecule has 0 saturated heterocycles. The number of hydrogen-bond acceptors (Lipinski definition) is 6. The van der Waals surface area contributed by atoms with Crippen molar-refractivity contribution in [1.29, 1.82) is 0 Å². The van der Waals surface area contributed by atoms with Gasteiger partial charge in [-0.3, -0.25) is 9.59 Å². The number of ether oxygens (including phenoxy) is 1. The second-order valence-electron chi connectivity index (χ2n) is 8.19. The number of hydrogen-bond donors (Lipinski definition) is 1. The summed E-state index contributed by atoms with van der Waals surface area (Å²) in [5.41, 5.74) is 0.653. The molecule has 7 nitrogen and oxygen atoms in total. The van der Waals surface area contributed by atoms with Gasteiger partial charge in [-0.05, 0) is 56.9 Å².